The molecule has 27 heavy (non-hydrogen) atoms. The molecular formula is C21H28N2O3S. The summed E-state index contributed by atoms with van der Waals surface area (Å²) in [4.78, 5) is 12.3. The summed E-state index contributed by atoms with van der Waals surface area (Å²) < 4.78 is 25.2. The lowest BCUT2D eigenvalue weighted by Gasteiger charge is -2.16. The molecule has 0 aliphatic rings. The first-order valence-corrected chi connectivity index (χ1v) is 11.0. The molecule has 0 aliphatic carbocycles. The van der Waals surface area contributed by atoms with E-state index in [-0.39, 0.29) is 11.9 Å². The highest BCUT2D eigenvalue weighted by atomic mass is 32.2. The Morgan fingerprint density at radius 1 is 1.00 bits per heavy atom. The van der Waals surface area contributed by atoms with E-state index in [4.69, 9.17) is 0 Å². The molecule has 0 radical (unpaired) electrons. The largest absolute Gasteiger partial charge is 0.349 e. The number of carbonyl (C=O) groups excluding carboxylic acids is 1. The van der Waals surface area contributed by atoms with E-state index < -0.39 is 10.0 Å². The molecule has 0 spiro atoms. The average molecular weight is 389 g/mol. The Hall–Kier alpha value is -2.34. The monoisotopic (exact) mass is 388 g/mol. The molecule has 2 aromatic carbocycles. The predicted molar refractivity (Wildman–Crippen MR) is 110 cm³/mol. The number of hydrogen-bond acceptors (Lipinski definition) is 3. The van der Waals surface area contributed by atoms with Gasteiger partial charge in [-0.3, -0.25) is 9.52 Å². The standard InChI is InChI=1S/C21H28N2O3S/c1-15(2)12-17-8-10-18(11-9-17)13-21(24)22-16(3)19-6-5-7-20(14-19)23-27(4,25)26/h5-11,14-16,23H,12-13H2,1-4H3,(H,22,24). The van der Waals surface area contributed by atoms with Crippen LogP contribution in [-0.4, -0.2) is 20.6 Å². The van der Waals surface area contributed by atoms with Crippen molar-refractivity contribution in [2.45, 2.75) is 39.7 Å². The van der Waals surface area contributed by atoms with Gasteiger partial charge < -0.3 is 5.32 Å². The minimum Gasteiger partial charge on any atom is -0.349 e. The number of benzene rings is 2. The first-order chi connectivity index (χ1) is 12.6. The summed E-state index contributed by atoms with van der Waals surface area (Å²) in [5.74, 6) is 0.536. The SMILES string of the molecule is CC(C)Cc1ccc(CC(=O)NC(C)c2cccc(NS(C)(=O)=O)c2)cc1. The molecule has 0 aliphatic heterocycles. The molecule has 1 amide bonds. The number of carbonyl (C=O) groups is 1. The second-order valence-electron chi connectivity index (χ2n) is 7.38. The number of rotatable bonds is 8. The Labute approximate surface area is 162 Å². The van der Waals surface area contributed by atoms with E-state index in [2.05, 4.69) is 36.0 Å². The Morgan fingerprint density at radius 2 is 1.63 bits per heavy atom. The summed E-state index contributed by atoms with van der Waals surface area (Å²) >= 11 is 0. The lowest BCUT2D eigenvalue weighted by molar-refractivity contribution is -0.121. The molecule has 2 rings (SSSR count). The zero-order valence-electron chi connectivity index (χ0n) is 16.3. The fraction of sp³-hybridized carbons (Fsp3) is 0.381. The summed E-state index contributed by atoms with van der Waals surface area (Å²) in [6.45, 7) is 6.25. The van der Waals surface area contributed by atoms with Crippen LogP contribution in [0.5, 0.6) is 0 Å². The van der Waals surface area contributed by atoms with Crippen molar-refractivity contribution in [2.24, 2.45) is 5.92 Å². The third kappa shape index (κ3) is 7.43. The number of nitrogens with one attached hydrogen (secondary N) is 2. The molecule has 2 aromatic rings. The molecule has 5 nitrogen and oxygen atoms in total. The average Bonchev–Trinajstić information content (AvgIpc) is 2.54. The second-order valence-corrected chi connectivity index (χ2v) is 9.13. The Kier molecular flexibility index (Phi) is 7.02. The highest BCUT2D eigenvalue weighted by Gasteiger charge is 2.12. The zero-order chi connectivity index (χ0) is 20.0. The maximum atomic E-state index is 12.3. The Balaban J connectivity index is 1.96. The normalized spacial score (nSPS) is 12.6. The highest BCUT2D eigenvalue weighted by Crippen LogP contribution is 2.18. The van der Waals surface area contributed by atoms with Gasteiger partial charge in [0.1, 0.15) is 0 Å². The van der Waals surface area contributed by atoms with Crippen molar-refractivity contribution in [3.05, 3.63) is 65.2 Å². The van der Waals surface area contributed by atoms with Crippen LogP contribution in [0.1, 0.15) is 43.5 Å². The predicted octanol–water partition coefficient (Wildman–Crippen LogP) is 3.68. The molecule has 0 aromatic heterocycles. The maximum absolute atomic E-state index is 12.3. The molecule has 0 saturated heterocycles. The summed E-state index contributed by atoms with van der Waals surface area (Å²) in [5.41, 5.74) is 3.57. The minimum absolute atomic E-state index is 0.0689. The van der Waals surface area contributed by atoms with Crippen LogP contribution in [0.15, 0.2) is 48.5 Å². The number of anilines is 1. The van der Waals surface area contributed by atoms with E-state index in [0.717, 1.165) is 23.8 Å². The van der Waals surface area contributed by atoms with Crippen LogP contribution in [0, 0.1) is 5.92 Å². The van der Waals surface area contributed by atoms with E-state index in [9.17, 15) is 13.2 Å². The van der Waals surface area contributed by atoms with Crippen LogP contribution in [0.2, 0.25) is 0 Å². The first-order valence-electron chi connectivity index (χ1n) is 9.07. The van der Waals surface area contributed by atoms with E-state index >= 15 is 0 Å². The van der Waals surface area contributed by atoms with Crippen LogP contribution in [0.4, 0.5) is 5.69 Å². The molecule has 146 valence electrons. The molecule has 0 fully saturated rings. The fourth-order valence-electron chi connectivity index (χ4n) is 2.91. The van der Waals surface area contributed by atoms with Crippen molar-refractivity contribution in [2.75, 3.05) is 11.0 Å². The summed E-state index contributed by atoms with van der Waals surface area (Å²) in [6, 6.07) is 15.0. The fourth-order valence-corrected chi connectivity index (χ4v) is 3.47. The lowest BCUT2D eigenvalue weighted by Crippen LogP contribution is -2.28. The maximum Gasteiger partial charge on any atom is 0.229 e. The van der Waals surface area contributed by atoms with Crippen LogP contribution in [0.25, 0.3) is 0 Å². The molecule has 1 unspecified atom stereocenters. The van der Waals surface area contributed by atoms with Gasteiger partial charge >= 0.3 is 0 Å². The summed E-state index contributed by atoms with van der Waals surface area (Å²) in [7, 11) is -3.33. The van der Waals surface area contributed by atoms with Gasteiger partial charge in [-0.1, -0.05) is 50.2 Å². The van der Waals surface area contributed by atoms with Gasteiger partial charge in [0.2, 0.25) is 15.9 Å². The number of hydrogen-bond donors (Lipinski definition) is 2. The van der Waals surface area contributed by atoms with Crippen molar-refractivity contribution in [3.63, 3.8) is 0 Å². The van der Waals surface area contributed by atoms with Gasteiger partial charge in [-0.25, -0.2) is 8.42 Å². The van der Waals surface area contributed by atoms with Crippen LogP contribution < -0.4 is 10.0 Å². The zero-order valence-corrected chi connectivity index (χ0v) is 17.1. The van der Waals surface area contributed by atoms with Crippen molar-refractivity contribution < 1.29 is 13.2 Å². The van der Waals surface area contributed by atoms with Crippen molar-refractivity contribution in [3.8, 4) is 0 Å². The van der Waals surface area contributed by atoms with Crippen molar-refractivity contribution >= 4 is 21.6 Å². The number of amides is 1. The molecule has 1 atom stereocenters. The van der Waals surface area contributed by atoms with Gasteiger partial charge in [0.05, 0.1) is 18.7 Å². The van der Waals surface area contributed by atoms with Crippen molar-refractivity contribution in [1.29, 1.82) is 0 Å². The molecular weight excluding hydrogens is 360 g/mol. The Bertz CT molecular complexity index is 875. The second kappa shape index (κ2) is 9.04. The van der Waals surface area contributed by atoms with E-state index in [1.165, 1.54) is 5.56 Å². The van der Waals surface area contributed by atoms with Gasteiger partial charge in [-0.05, 0) is 48.1 Å². The third-order valence-corrected chi connectivity index (χ3v) is 4.71. The molecule has 2 N–H and O–H groups in total. The molecule has 0 saturated carbocycles. The van der Waals surface area contributed by atoms with Gasteiger partial charge in [0, 0.05) is 5.69 Å². The van der Waals surface area contributed by atoms with E-state index in [0.29, 0.717) is 18.0 Å². The van der Waals surface area contributed by atoms with Gasteiger partial charge in [-0.2, -0.15) is 0 Å². The third-order valence-electron chi connectivity index (χ3n) is 4.10. The quantitative estimate of drug-likeness (QED) is 0.724. The molecule has 0 bridgehead atoms. The van der Waals surface area contributed by atoms with Crippen LogP contribution in [-0.2, 0) is 27.7 Å². The first kappa shape index (κ1) is 21.0. The lowest BCUT2D eigenvalue weighted by atomic mass is 10.0. The summed E-state index contributed by atoms with van der Waals surface area (Å²) in [6.07, 6.45) is 2.45. The topological polar surface area (TPSA) is 75.3 Å². The van der Waals surface area contributed by atoms with Gasteiger partial charge in [-0.15, -0.1) is 0 Å². The van der Waals surface area contributed by atoms with E-state index in [1.807, 2.05) is 25.1 Å². The smallest absolute Gasteiger partial charge is 0.229 e. The highest BCUT2D eigenvalue weighted by molar-refractivity contribution is 7.92. The van der Waals surface area contributed by atoms with Gasteiger partial charge in [0.15, 0.2) is 0 Å². The van der Waals surface area contributed by atoms with Crippen molar-refractivity contribution in [1.82, 2.24) is 5.32 Å². The summed E-state index contributed by atoms with van der Waals surface area (Å²) in [5, 5.41) is 2.97. The molecule has 0 heterocycles. The van der Waals surface area contributed by atoms with Gasteiger partial charge in [0.25, 0.3) is 0 Å². The van der Waals surface area contributed by atoms with Crippen LogP contribution in [0.3, 0.4) is 0 Å². The Morgan fingerprint density at radius 3 is 2.22 bits per heavy atom. The molecule has 6 heteroatoms. The number of sulfonamides is 1. The van der Waals surface area contributed by atoms with Crippen LogP contribution >= 0.6 is 0 Å². The van der Waals surface area contributed by atoms with E-state index in [1.54, 1.807) is 18.2 Å². The minimum atomic E-state index is -3.33.